The Bertz CT molecular complexity index is 483. The van der Waals surface area contributed by atoms with Crippen LogP contribution in [0.1, 0.15) is 11.3 Å². The van der Waals surface area contributed by atoms with Gasteiger partial charge in [-0.25, -0.2) is 12.7 Å². The molecule has 1 heterocycles. The van der Waals surface area contributed by atoms with E-state index < -0.39 is 10.0 Å². The quantitative estimate of drug-likeness (QED) is 0.772. The molecule has 5 nitrogen and oxygen atoms in total. The molecule has 0 atom stereocenters. The van der Waals surface area contributed by atoms with Gasteiger partial charge in [0.05, 0.1) is 0 Å². The Balaban J connectivity index is 2.67. The van der Waals surface area contributed by atoms with Crippen molar-refractivity contribution in [1.82, 2.24) is 9.21 Å². The Hall–Kier alpha value is -0.470. The number of hydrogen-bond acceptors (Lipinski definition) is 5. The molecule has 0 saturated carbocycles. The highest BCUT2D eigenvalue weighted by molar-refractivity contribution is 7.91. The van der Waals surface area contributed by atoms with Gasteiger partial charge in [-0.05, 0) is 52.2 Å². The number of hydrogen-bond donors (Lipinski definition) is 1. The van der Waals surface area contributed by atoms with Crippen LogP contribution in [0.2, 0.25) is 0 Å². The van der Waals surface area contributed by atoms with Gasteiger partial charge in [-0.1, -0.05) is 0 Å². The molecule has 0 fully saturated rings. The minimum Gasteiger partial charge on any atom is -0.330 e. The molecule has 0 spiro atoms. The zero-order valence-corrected chi connectivity index (χ0v) is 13.4. The molecule has 0 unspecified atom stereocenters. The van der Waals surface area contributed by atoms with E-state index >= 15 is 0 Å². The van der Waals surface area contributed by atoms with Gasteiger partial charge in [0, 0.05) is 18.5 Å². The summed E-state index contributed by atoms with van der Waals surface area (Å²) in [6.45, 7) is 1.95. The van der Waals surface area contributed by atoms with Crippen molar-refractivity contribution in [2.75, 3.05) is 40.8 Å². The average Bonchev–Trinajstić information content (AvgIpc) is 2.78. The monoisotopic (exact) mass is 305 g/mol. The zero-order valence-electron chi connectivity index (χ0n) is 11.8. The molecular formula is C12H23N3O2S2. The Labute approximate surface area is 120 Å². The maximum Gasteiger partial charge on any atom is 0.252 e. The van der Waals surface area contributed by atoms with Crippen molar-refractivity contribution in [2.45, 2.75) is 17.1 Å². The Morgan fingerprint density at radius 3 is 2.47 bits per heavy atom. The van der Waals surface area contributed by atoms with Crippen LogP contribution in [0.4, 0.5) is 0 Å². The molecule has 2 N–H and O–H groups in total. The number of thiophene rings is 1. The standard InChI is InChI=1S/C12H23N3O2S2/c1-14(2)9-4-10-15(3)19(16,17)12-6-5-11(18-12)7-8-13/h5-6H,4,7-10,13H2,1-3H3. The molecule has 1 aromatic heterocycles. The highest BCUT2D eigenvalue weighted by Crippen LogP contribution is 2.24. The number of nitrogens with zero attached hydrogens (tertiary/aromatic N) is 2. The molecule has 0 radical (unpaired) electrons. The summed E-state index contributed by atoms with van der Waals surface area (Å²) < 4.78 is 26.5. The fourth-order valence-electron chi connectivity index (χ4n) is 1.66. The summed E-state index contributed by atoms with van der Waals surface area (Å²) in [5.41, 5.74) is 5.47. The third-order valence-corrected chi connectivity index (χ3v) is 6.24. The smallest absolute Gasteiger partial charge is 0.252 e. The first-order valence-corrected chi connectivity index (χ1v) is 8.53. The molecule has 0 aliphatic carbocycles. The van der Waals surface area contributed by atoms with Gasteiger partial charge in [0.2, 0.25) is 0 Å². The lowest BCUT2D eigenvalue weighted by Crippen LogP contribution is -2.29. The third-order valence-electron chi connectivity index (χ3n) is 2.77. The molecule has 0 aliphatic heterocycles. The SMILES string of the molecule is CN(C)CCCN(C)S(=O)(=O)c1ccc(CCN)s1. The molecule has 7 heteroatoms. The molecular weight excluding hydrogens is 282 g/mol. The van der Waals surface area contributed by atoms with Crippen LogP contribution in [-0.4, -0.2) is 58.4 Å². The zero-order chi connectivity index (χ0) is 14.5. The van der Waals surface area contributed by atoms with E-state index in [-0.39, 0.29) is 0 Å². The topological polar surface area (TPSA) is 66.6 Å². The van der Waals surface area contributed by atoms with Gasteiger partial charge in [-0.2, -0.15) is 0 Å². The van der Waals surface area contributed by atoms with E-state index in [0.717, 1.165) is 24.3 Å². The first kappa shape index (κ1) is 16.6. The number of nitrogens with two attached hydrogens (primary N) is 1. The maximum atomic E-state index is 12.3. The van der Waals surface area contributed by atoms with Crippen molar-refractivity contribution in [2.24, 2.45) is 5.73 Å². The minimum atomic E-state index is -3.34. The van der Waals surface area contributed by atoms with Gasteiger partial charge in [-0.15, -0.1) is 11.3 Å². The third kappa shape index (κ3) is 4.85. The number of rotatable bonds is 8. The first-order chi connectivity index (χ1) is 8.87. The van der Waals surface area contributed by atoms with Gasteiger partial charge in [0.1, 0.15) is 4.21 Å². The fraction of sp³-hybridized carbons (Fsp3) is 0.667. The van der Waals surface area contributed by atoms with Crippen molar-refractivity contribution < 1.29 is 8.42 Å². The molecule has 19 heavy (non-hydrogen) atoms. The molecule has 0 aliphatic rings. The summed E-state index contributed by atoms with van der Waals surface area (Å²) in [6.07, 6.45) is 1.55. The summed E-state index contributed by atoms with van der Waals surface area (Å²) in [7, 11) is 2.25. The lowest BCUT2D eigenvalue weighted by Gasteiger charge is -2.17. The normalized spacial score (nSPS) is 12.5. The van der Waals surface area contributed by atoms with E-state index in [0.29, 0.717) is 17.3 Å². The van der Waals surface area contributed by atoms with E-state index in [2.05, 4.69) is 0 Å². The number of sulfonamides is 1. The van der Waals surface area contributed by atoms with E-state index in [1.165, 1.54) is 15.6 Å². The Morgan fingerprint density at radius 2 is 1.89 bits per heavy atom. The second-order valence-corrected chi connectivity index (χ2v) is 8.18. The van der Waals surface area contributed by atoms with E-state index in [1.807, 2.05) is 25.1 Å². The van der Waals surface area contributed by atoms with Crippen LogP contribution in [0.5, 0.6) is 0 Å². The van der Waals surface area contributed by atoms with Crippen LogP contribution < -0.4 is 5.73 Å². The second-order valence-electron chi connectivity index (χ2n) is 4.74. The molecule has 0 amide bonds. The summed E-state index contributed by atoms with van der Waals surface area (Å²) in [5, 5.41) is 0. The van der Waals surface area contributed by atoms with Crippen LogP contribution in [0, 0.1) is 0 Å². The second kappa shape index (κ2) is 7.35. The van der Waals surface area contributed by atoms with Crippen LogP contribution in [-0.2, 0) is 16.4 Å². The lowest BCUT2D eigenvalue weighted by molar-refractivity contribution is 0.370. The van der Waals surface area contributed by atoms with Crippen molar-refractivity contribution in [1.29, 1.82) is 0 Å². The first-order valence-electron chi connectivity index (χ1n) is 6.27. The predicted octanol–water partition coefficient (Wildman–Crippen LogP) is 0.821. The highest BCUT2D eigenvalue weighted by Gasteiger charge is 2.22. The van der Waals surface area contributed by atoms with Gasteiger partial charge >= 0.3 is 0 Å². The van der Waals surface area contributed by atoms with Crippen LogP contribution in [0.3, 0.4) is 0 Å². The maximum absolute atomic E-state index is 12.3. The van der Waals surface area contributed by atoms with Crippen molar-refractivity contribution in [3.63, 3.8) is 0 Å². The van der Waals surface area contributed by atoms with Gasteiger partial charge in [0.15, 0.2) is 0 Å². The van der Waals surface area contributed by atoms with Crippen LogP contribution in [0.25, 0.3) is 0 Å². The summed E-state index contributed by atoms with van der Waals surface area (Å²) >= 11 is 1.31. The molecule has 1 aromatic rings. The van der Waals surface area contributed by atoms with E-state index in [4.69, 9.17) is 5.73 Å². The molecule has 0 bridgehead atoms. The summed E-state index contributed by atoms with van der Waals surface area (Å²) in [5.74, 6) is 0. The molecule has 110 valence electrons. The molecule has 0 aromatic carbocycles. The Kier molecular flexibility index (Phi) is 6.41. The van der Waals surface area contributed by atoms with Crippen molar-refractivity contribution in [3.05, 3.63) is 17.0 Å². The van der Waals surface area contributed by atoms with Crippen LogP contribution >= 0.6 is 11.3 Å². The summed E-state index contributed by atoms with van der Waals surface area (Å²) in [6, 6.07) is 3.52. The predicted molar refractivity (Wildman–Crippen MR) is 80.1 cm³/mol. The summed E-state index contributed by atoms with van der Waals surface area (Å²) in [4.78, 5) is 3.06. The van der Waals surface area contributed by atoms with E-state index in [9.17, 15) is 8.42 Å². The largest absolute Gasteiger partial charge is 0.330 e. The highest BCUT2D eigenvalue weighted by atomic mass is 32.2. The fourth-order valence-corrected chi connectivity index (χ4v) is 4.45. The molecule has 1 rings (SSSR count). The minimum absolute atomic E-state index is 0.406. The van der Waals surface area contributed by atoms with Crippen molar-refractivity contribution >= 4 is 21.4 Å². The van der Waals surface area contributed by atoms with Crippen LogP contribution in [0.15, 0.2) is 16.3 Å². The van der Waals surface area contributed by atoms with Gasteiger partial charge in [-0.3, -0.25) is 0 Å². The van der Waals surface area contributed by atoms with Gasteiger partial charge in [0.25, 0.3) is 10.0 Å². The van der Waals surface area contributed by atoms with E-state index in [1.54, 1.807) is 13.1 Å². The van der Waals surface area contributed by atoms with Gasteiger partial charge < -0.3 is 10.6 Å². The average molecular weight is 305 g/mol. The Morgan fingerprint density at radius 1 is 1.21 bits per heavy atom. The molecule has 0 saturated heterocycles. The lowest BCUT2D eigenvalue weighted by atomic mass is 10.3. The van der Waals surface area contributed by atoms with Crippen molar-refractivity contribution in [3.8, 4) is 0 Å².